The first-order valence-electron chi connectivity index (χ1n) is 8.14. The number of carbonyl (C=O) groups excluding carboxylic acids is 1. The summed E-state index contributed by atoms with van der Waals surface area (Å²) in [5.74, 6) is 0.764. The Morgan fingerprint density at radius 3 is 2.21 bits per heavy atom. The largest absolute Gasteiger partial charge is 0.326 e. The standard InChI is InChI=1S/C20H25NO2S/c1-20(2,3)17-11-9-16(10-12-17)15-24(23)14-13-19(22)21-18-7-5-4-6-8-18/h4-12H,13-15H2,1-3H3,(H,21,22)/t24-/m0/s1. The monoisotopic (exact) mass is 343 g/mol. The van der Waals surface area contributed by atoms with Crippen molar-refractivity contribution in [2.45, 2.75) is 38.4 Å². The third-order valence-corrected chi connectivity index (χ3v) is 5.08. The Morgan fingerprint density at radius 2 is 1.62 bits per heavy atom. The molecule has 0 unspecified atom stereocenters. The van der Waals surface area contributed by atoms with Crippen LogP contribution in [-0.4, -0.2) is 15.9 Å². The van der Waals surface area contributed by atoms with E-state index in [1.54, 1.807) is 0 Å². The molecular weight excluding hydrogens is 318 g/mol. The molecule has 4 heteroatoms. The molecule has 0 aromatic heterocycles. The molecule has 0 aliphatic rings. The summed E-state index contributed by atoms with van der Waals surface area (Å²) in [5, 5.41) is 2.81. The van der Waals surface area contributed by atoms with Gasteiger partial charge in [-0.1, -0.05) is 63.2 Å². The maximum atomic E-state index is 12.2. The van der Waals surface area contributed by atoms with Crippen LogP contribution in [0.25, 0.3) is 0 Å². The van der Waals surface area contributed by atoms with Crippen LogP contribution in [0.15, 0.2) is 54.6 Å². The maximum Gasteiger partial charge on any atom is 0.225 e. The molecule has 0 bridgehead atoms. The van der Waals surface area contributed by atoms with E-state index in [1.807, 2.05) is 42.5 Å². The van der Waals surface area contributed by atoms with Crippen LogP contribution < -0.4 is 5.32 Å². The summed E-state index contributed by atoms with van der Waals surface area (Å²) in [5.41, 5.74) is 3.20. The summed E-state index contributed by atoms with van der Waals surface area (Å²) in [6.07, 6.45) is 0.265. The lowest BCUT2D eigenvalue weighted by molar-refractivity contribution is -0.115. The van der Waals surface area contributed by atoms with Crippen LogP contribution in [0.5, 0.6) is 0 Å². The zero-order valence-electron chi connectivity index (χ0n) is 14.5. The van der Waals surface area contributed by atoms with Gasteiger partial charge in [0.05, 0.1) is 0 Å². The molecule has 0 saturated carbocycles. The van der Waals surface area contributed by atoms with Crippen molar-refractivity contribution in [3.05, 3.63) is 65.7 Å². The van der Waals surface area contributed by atoms with E-state index >= 15 is 0 Å². The molecule has 1 amide bonds. The lowest BCUT2D eigenvalue weighted by Crippen LogP contribution is -2.15. The first kappa shape index (κ1) is 18.4. The van der Waals surface area contributed by atoms with E-state index in [0.717, 1.165) is 11.3 Å². The van der Waals surface area contributed by atoms with Crippen molar-refractivity contribution in [1.82, 2.24) is 0 Å². The van der Waals surface area contributed by atoms with E-state index in [4.69, 9.17) is 0 Å². The van der Waals surface area contributed by atoms with Gasteiger partial charge in [0.1, 0.15) is 0 Å². The Balaban J connectivity index is 1.80. The van der Waals surface area contributed by atoms with Gasteiger partial charge in [-0.3, -0.25) is 9.00 Å². The topological polar surface area (TPSA) is 46.2 Å². The molecule has 0 saturated heterocycles. The number of para-hydroxylation sites is 1. The van der Waals surface area contributed by atoms with Gasteiger partial charge in [0.15, 0.2) is 0 Å². The summed E-state index contributed by atoms with van der Waals surface area (Å²) < 4.78 is 12.2. The van der Waals surface area contributed by atoms with Gasteiger partial charge in [-0.15, -0.1) is 0 Å². The third-order valence-electron chi connectivity index (χ3n) is 3.76. The second-order valence-electron chi connectivity index (χ2n) is 6.90. The van der Waals surface area contributed by atoms with Gasteiger partial charge < -0.3 is 5.32 Å². The van der Waals surface area contributed by atoms with Crippen LogP contribution in [0.4, 0.5) is 5.69 Å². The second kappa shape index (κ2) is 8.25. The fourth-order valence-electron chi connectivity index (χ4n) is 2.31. The zero-order chi connectivity index (χ0) is 17.6. The predicted molar refractivity (Wildman–Crippen MR) is 102 cm³/mol. The maximum absolute atomic E-state index is 12.2. The van der Waals surface area contributed by atoms with E-state index in [0.29, 0.717) is 11.5 Å². The quantitative estimate of drug-likeness (QED) is 0.852. The Labute approximate surface area is 146 Å². The second-order valence-corrected chi connectivity index (χ2v) is 8.48. The molecule has 0 aliphatic heterocycles. The number of amides is 1. The summed E-state index contributed by atoms with van der Waals surface area (Å²) in [6, 6.07) is 17.6. The highest BCUT2D eigenvalue weighted by atomic mass is 32.2. The average molecular weight is 343 g/mol. The van der Waals surface area contributed by atoms with Crippen LogP contribution in [0.2, 0.25) is 0 Å². The Hall–Kier alpha value is -1.94. The average Bonchev–Trinajstić information content (AvgIpc) is 2.53. The SMILES string of the molecule is CC(C)(C)c1ccc(C[S@@](=O)CCC(=O)Nc2ccccc2)cc1. The molecule has 1 N–H and O–H groups in total. The highest BCUT2D eigenvalue weighted by Crippen LogP contribution is 2.22. The van der Waals surface area contributed by atoms with Gasteiger partial charge in [0.2, 0.25) is 5.91 Å². The molecule has 0 radical (unpaired) electrons. The minimum absolute atomic E-state index is 0.0994. The first-order chi connectivity index (χ1) is 11.3. The molecule has 0 heterocycles. The Kier molecular flexibility index (Phi) is 6.32. The number of carbonyl (C=O) groups is 1. The normalized spacial score (nSPS) is 12.6. The zero-order valence-corrected chi connectivity index (χ0v) is 15.4. The van der Waals surface area contributed by atoms with E-state index in [1.165, 1.54) is 5.56 Å². The minimum atomic E-state index is -1.04. The number of rotatable bonds is 6. The lowest BCUT2D eigenvalue weighted by atomic mass is 9.87. The summed E-state index contributed by atoms with van der Waals surface area (Å²) >= 11 is 0. The highest BCUT2D eigenvalue weighted by Gasteiger charge is 2.13. The molecule has 1 atom stereocenters. The van der Waals surface area contributed by atoms with Crippen molar-refractivity contribution in [2.24, 2.45) is 0 Å². The number of hydrogen-bond acceptors (Lipinski definition) is 2. The highest BCUT2D eigenvalue weighted by molar-refractivity contribution is 7.84. The van der Waals surface area contributed by atoms with Crippen molar-refractivity contribution in [3.8, 4) is 0 Å². The molecule has 128 valence electrons. The van der Waals surface area contributed by atoms with Gasteiger partial charge in [-0.2, -0.15) is 0 Å². The predicted octanol–water partition coefficient (Wildman–Crippen LogP) is 4.26. The Bertz CT molecular complexity index is 688. The van der Waals surface area contributed by atoms with E-state index < -0.39 is 10.8 Å². The smallest absolute Gasteiger partial charge is 0.225 e. The number of benzene rings is 2. The molecule has 2 aromatic carbocycles. The van der Waals surface area contributed by atoms with Crippen molar-refractivity contribution < 1.29 is 9.00 Å². The van der Waals surface area contributed by atoms with Gasteiger partial charge in [0.25, 0.3) is 0 Å². The third kappa shape index (κ3) is 5.93. The fourth-order valence-corrected chi connectivity index (χ4v) is 3.43. The fraction of sp³-hybridized carbons (Fsp3) is 0.350. The van der Waals surface area contributed by atoms with Crippen molar-refractivity contribution in [1.29, 1.82) is 0 Å². The van der Waals surface area contributed by atoms with Gasteiger partial charge in [-0.25, -0.2) is 0 Å². The number of nitrogens with one attached hydrogen (secondary N) is 1. The van der Waals surface area contributed by atoms with Crippen LogP contribution in [0.3, 0.4) is 0 Å². The van der Waals surface area contributed by atoms with Gasteiger partial charge in [-0.05, 0) is 28.7 Å². The van der Waals surface area contributed by atoms with Gasteiger partial charge >= 0.3 is 0 Å². The van der Waals surface area contributed by atoms with E-state index in [9.17, 15) is 9.00 Å². The van der Waals surface area contributed by atoms with Gasteiger partial charge in [0, 0.05) is 34.4 Å². The summed E-state index contributed by atoms with van der Waals surface area (Å²) in [7, 11) is -1.04. The van der Waals surface area contributed by atoms with Crippen molar-refractivity contribution in [2.75, 3.05) is 11.1 Å². The Morgan fingerprint density at radius 1 is 1.00 bits per heavy atom. The molecule has 3 nitrogen and oxygen atoms in total. The van der Waals surface area contributed by atoms with Crippen LogP contribution in [0, 0.1) is 0 Å². The van der Waals surface area contributed by atoms with Crippen molar-refractivity contribution >= 4 is 22.4 Å². The van der Waals surface area contributed by atoms with Crippen LogP contribution in [0.1, 0.15) is 38.3 Å². The molecular formula is C20H25NO2S. The summed E-state index contributed by atoms with van der Waals surface area (Å²) in [6.45, 7) is 6.52. The lowest BCUT2D eigenvalue weighted by Gasteiger charge is -2.19. The van der Waals surface area contributed by atoms with Crippen molar-refractivity contribution in [3.63, 3.8) is 0 Å². The van der Waals surface area contributed by atoms with E-state index in [2.05, 4.69) is 38.2 Å². The molecule has 24 heavy (non-hydrogen) atoms. The van der Waals surface area contributed by atoms with E-state index in [-0.39, 0.29) is 17.7 Å². The molecule has 0 aliphatic carbocycles. The number of anilines is 1. The molecule has 2 aromatic rings. The number of hydrogen-bond donors (Lipinski definition) is 1. The van der Waals surface area contributed by atoms with Crippen LogP contribution in [-0.2, 0) is 26.8 Å². The molecule has 0 fully saturated rings. The summed E-state index contributed by atoms with van der Waals surface area (Å²) in [4.78, 5) is 11.9. The molecule has 0 spiro atoms. The molecule has 2 rings (SSSR count). The van der Waals surface area contributed by atoms with Crippen LogP contribution >= 0.6 is 0 Å². The minimum Gasteiger partial charge on any atom is -0.326 e. The first-order valence-corrected chi connectivity index (χ1v) is 9.63.